The summed E-state index contributed by atoms with van der Waals surface area (Å²) in [7, 11) is 1.46. The highest BCUT2D eigenvalue weighted by molar-refractivity contribution is 5.89. The lowest BCUT2D eigenvalue weighted by atomic mass is 10.1. The Balaban J connectivity index is 2.53. The molecule has 0 unspecified atom stereocenters. The molecular weight excluding hydrogens is 224 g/mol. The van der Waals surface area contributed by atoms with Crippen LogP contribution in [0.3, 0.4) is 0 Å². The number of aromatic carboxylic acids is 1. The highest BCUT2D eigenvalue weighted by Gasteiger charge is 2.12. The van der Waals surface area contributed by atoms with Crippen molar-refractivity contribution in [1.29, 1.82) is 0 Å². The Morgan fingerprint density at radius 2 is 2.18 bits per heavy atom. The fourth-order valence-electron chi connectivity index (χ4n) is 1.39. The topological polar surface area (TPSA) is 85.5 Å². The van der Waals surface area contributed by atoms with Crippen LogP contribution >= 0.6 is 0 Å². The van der Waals surface area contributed by atoms with Gasteiger partial charge in [0, 0.05) is 12.5 Å². The lowest BCUT2D eigenvalue weighted by molar-refractivity contribution is 0.0696. The van der Waals surface area contributed by atoms with E-state index in [1.165, 1.54) is 19.2 Å². The van der Waals surface area contributed by atoms with Crippen molar-refractivity contribution >= 4 is 5.97 Å². The number of carboxylic acid groups (broad SMARTS) is 1. The molecule has 0 fully saturated rings. The fourth-order valence-corrected chi connectivity index (χ4v) is 1.39. The smallest absolute Gasteiger partial charge is 0.335 e. The van der Waals surface area contributed by atoms with Gasteiger partial charge in [-0.15, -0.1) is 0 Å². The van der Waals surface area contributed by atoms with Gasteiger partial charge in [0.2, 0.25) is 11.7 Å². The number of nitrogens with zero attached hydrogens (tertiary/aromatic N) is 2. The van der Waals surface area contributed by atoms with E-state index < -0.39 is 5.97 Å². The molecule has 0 atom stereocenters. The molecule has 88 valence electrons. The van der Waals surface area contributed by atoms with Crippen molar-refractivity contribution in [3.05, 3.63) is 29.7 Å². The van der Waals surface area contributed by atoms with Gasteiger partial charge in [-0.05, 0) is 18.2 Å². The van der Waals surface area contributed by atoms with Crippen LogP contribution in [0.2, 0.25) is 0 Å². The van der Waals surface area contributed by atoms with Crippen molar-refractivity contribution in [2.75, 3.05) is 7.11 Å². The Kier molecular flexibility index (Phi) is 2.78. The van der Waals surface area contributed by atoms with Gasteiger partial charge >= 0.3 is 5.97 Å². The summed E-state index contributed by atoms with van der Waals surface area (Å²) in [5.41, 5.74) is 0.653. The molecule has 17 heavy (non-hydrogen) atoms. The number of carbonyl (C=O) groups is 1. The van der Waals surface area contributed by atoms with Crippen molar-refractivity contribution in [3.63, 3.8) is 0 Å². The molecule has 1 N–H and O–H groups in total. The van der Waals surface area contributed by atoms with Gasteiger partial charge < -0.3 is 14.4 Å². The summed E-state index contributed by atoms with van der Waals surface area (Å²) < 4.78 is 9.87. The minimum atomic E-state index is -1.04. The van der Waals surface area contributed by atoms with E-state index in [4.69, 9.17) is 14.4 Å². The van der Waals surface area contributed by atoms with E-state index >= 15 is 0 Å². The minimum Gasteiger partial charge on any atom is -0.497 e. The van der Waals surface area contributed by atoms with Crippen molar-refractivity contribution < 1.29 is 19.2 Å². The second kappa shape index (κ2) is 4.25. The first-order chi connectivity index (χ1) is 8.10. The molecule has 0 aliphatic carbocycles. The maximum Gasteiger partial charge on any atom is 0.335 e. The highest BCUT2D eigenvalue weighted by Crippen LogP contribution is 2.24. The third-order valence-corrected chi connectivity index (χ3v) is 2.17. The monoisotopic (exact) mass is 234 g/mol. The van der Waals surface area contributed by atoms with Gasteiger partial charge in [0.1, 0.15) is 5.75 Å². The second-order valence-corrected chi connectivity index (χ2v) is 3.39. The number of aromatic nitrogens is 2. The summed E-state index contributed by atoms with van der Waals surface area (Å²) in [5.74, 6) is 0.149. The van der Waals surface area contributed by atoms with Crippen LogP contribution in [-0.2, 0) is 0 Å². The zero-order chi connectivity index (χ0) is 12.4. The number of methoxy groups -OCH3 is 1. The average molecular weight is 234 g/mol. The van der Waals surface area contributed by atoms with Gasteiger partial charge in [-0.1, -0.05) is 5.16 Å². The predicted octanol–water partition coefficient (Wildman–Crippen LogP) is 1.75. The fraction of sp³-hybridized carbons (Fsp3) is 0.182. The summed E-state index contributed by atoms with van der Waals surface area (Å²) in [5, 5.41) is 12.7. The van der Waals surface area contributed by atoms with E-state index in [1.54, 1.807) is 13.0 Å². The molecule has 1 aromatic heterocycles. The Morgan fingerprint density at radius 3 is 2.71 bits per heavy atom. The summed E-state index contributed by atoms with van der Waals surface area (Å²) in [6, 6.07) is 4.55. The van der Waals surface area contributed by atoms with Gasteiger partial charge in [-0.3, -0.25) is 0 Å². The number of ether oxygens (including phenoxy) is 1. The van der Waals surface area contributed by atoms with Crippen molar-refractivity contribution in [2.45, 2.75) is 6.92 Å². The first kappa shape index (κ1) is 11.1. The maximum atomic E-state index is 10.9. The van der Waals surface area contributed by atoms with Crippen molar-refractivity contribution in [3.8, 4) is 17.1 Å². The van der Waals surface area contributed by atoms with Crippen LogP contribution in [0.4, 0.5) is 0 Å². The van der Waals surface area contributed by atoms with Gasteiger partial charge in [-0.25, -0.2) is 4.79 Å². The minimum absolute atomic E-state index is 0.113. The molecule has 1 heterocycles. The first-order valence-electron chi connectivity index (χ1n) is 4.83. The van der Waals surface area contributed by atoms with E-state index in [9.17, 15) is 4.79 Å². The molecule has 0 bridgehead atoms. The van der Waals surface area contributed by atoms with E-state index in [0.29, 0.717) is 23.0 Å². The first-order valence-corrected chi connectivity index (χ1v) is 4.83. The maximum absolute atomic E-state index is 10.9. The number of benzene rings is 1. The number of rotatable bonds is 3. The summed E-state index contributed by atoms with van der Waals surface area (Å²) in [4.78, 5) is 15.0. The molecular formula is C11H10N2O4. The number of carboxylic acids is 1. The standard InChI is InChI=1S/C11H10N2O4/c1-6-12-10(13-17-6)7-3-8(11(14)15)5-9(4-7)16-2/h3-5H,1-2H3,(H,14,15). The summed E-state index contributed by atoms with van der Waals surface area (Å²) in [6.45, 7) is 1.66. The molecule has 2 rings (SSSR count). The molecule has 0 aliphatic rings. The van der Waals surface area contributed by atoms with Crippen molar-refractivity contribution in [1.82, 2.24) is 10.1 Å². The van der Waals surface area contributed by atoms with Crippen LogP contribution in [0.25, 0.3) is 11.4 Å². The van der Waals surface area contributed by atoms with Crippen LogP contribution in [0.15, 0.2) is 22.7 Å². The van der Waals surface area contributed by atoms with Crippen molar-refractivity contribution in [2.24, 2.45) is 0 Å². The third kappa shape index (κ3) is 2.25. The molecule has 0 saturated carbocycles. The zero-order valence-corrected chi connectivity index (χ0v) is 9.30. The molecule has 1 aromatic carbocycles. The SMILES string of the molecule is COc1cc(C(=O)O)cc(-c2noc(C)n2)c1. The Bertz CT molecular complexity index is 562. The van der Waals surface area contributed by atoms with Gasteiger partial charge in [0.25, 0.3) is 0 Å². The quantitative estimate of drug-likeness (QED) is 0.870. The summed E-state index contributed by atoms with van der Waals surface area (Å²) in [6.07, 6.45) is 0. The number of aryl methyl sites for hydroxylation is 1. The average Bonchev–Trinajstić information content (AvgIpc) is 2.75. The summed E-state index contributed by atoms with van der Waals surface area (Å²) >= 11 is 0. The molecule has 6 nitrogen and oxygen atoms in total. The Labute approximate surface area is 96.8 Å². The van der Waals surface area contributed by atoms with Gasteiger partial charge in [0.05, 0.1) is 12.7 Å². The molecule has 0 spiro atoms. The molecule has 0 saturated heterocycles. The Hall–Kier alpha value is -2.37. The number of hydrogen-bond donors (Lipinski definition) is 1. The highest BCUT2D eigenvalue weighted by atomic mass is 16.5. The van der Waals surface area contributed by atoms with Gasteiger partial charge in [-0.2, -0.15) is 4.98 Å². The van der Waals surface area contributed by atoms with E-state index in [2.05, 4.69) is 10.1 Å². The lowest BCUT2D eigenvalue weighted by Crippen LogP contribution is -1.98. The molecule has 2 aromatic rings. The largest absolute Gasteiger partial charge is 0.497 e. The molecule has 0 aliphatic heterocycles. The zero-order valence-electron chi connectivity index (χ0n) is 9.30. The van der Waals surface area contributed by atoms with Crippen LogP contribution in [0.1, 0.15) is 16.2 Å². The molecule has 0 radical (unpaired) electrons. The van der Waals surface area contributed by atoms with Gasteiger partial charge in [0.15, 0.2) is 0 Å². The van der Waals surface area contributed by atoms with Crippen LogP contribution in [0, 0.1) is 6.92 Å². The third-order valence-electron chi connectivity index (χ3n) is 2.17. The van der Waals surface area contributed by atoms with Crippen LogP contribution < -0.4 is 4.74 Å². The second-order valence-electron chi connectivity index (χ2n) is 3.39. The van der Waals surface area contributed by atoms with E-state index in [0.717, 1.165) is 0 Å². The molecule has 6 heteroatoms. The lowest BCUT2D eigenvalue weighted by Gasteiger charge is -2.03. The van der Waals surface area contributed by atoms with E-state index in [-0.39, 0.29) is 5.56 Å². The van der Waals surface area contributed by atoms with E-state index in [1.807, 2.05) is 0 Å². The Morgan fingerprint density at radius 1 is 1.41 bits per heavy atom. The normalized spacial score (nSPS) is 10.2. The number of hydrogen-bond acceptors (Lipinski definition) is 5. The van der Waals surface area contributed by atoms with Crippen LogP contribution in [-0.4, -0.2) is 28.3 Å². The van der Waals surface area contributed by atoms with Crippen LogP contribution in [0.5, 0.6) is 5.75 Å². The predicted molar refractivity (Wildman–Crippen MR) is 58.0 cm³/mol. The molecule has 0 amide bonds.